The van der Waals surface area contributed by atoms with E-state index in [1.165, 1.54) is 0 Å². The van der Waals surface area contributed by atoms with Crippen LogP contribution in [-0.2, 0) is 0 Å². The largest absolute Gasteiger partial charge is 0.456 e. The molecule has 0 aliphatic rings. The molecular weight excluding hydrogens is 601 g/mol. The summed E-state index contributed by atoms with van der Waals surface area (Å²) < 4.78 is 10.9. The summed E-state index contributed by atoms with van der Waals surface area (Å²) in [6.45, 7) is 0. The molecule has 0 saturated heterocycles. The first-order valence-electron chi connectivity index (χ1n) is 16.1. The molecule has 0 spiro atoms. The standard InChI is InChI=1S/C44H24N4O/c45-25-27-17-18-41-36(19-27)33-11-3-6-14-39(33)47(41)30-20-29(32-10-2-1-9-28(32)26-46)21-31(22-30)48-40-15-7-4-12-34(40)37-24-44-38(23-42(37)48)35-13-5-8-16-43(35)49-44/h1-24H. The lowest BCUT2D eigenvalue weighted by Gasteiger charge is -2.16. The van der Waals surface area contributed by atoms with Crippen molar-refractivity contribution in [2.75, 3.05) is 0 Å². The molecular formula is C44H24N4O. The fourth-order valence-electron chi connectivity index (χ4n) is 7.63. The van der Waals surface area contributed by atoms with Gasteiger partial charge in [0.2, 0.25) is 0 Å². The van der Waals surface area contributed by atoms with Crippen molar-refractivity contribution in [2.24, 2.45) is 0 Å². The second-order valence-electron chi connectivity index (χ2n) is 12.4. The Balaban J connectivity index is 1.35. The van der Waals surface area contributed by atoms with E-state index in [1.54, 1.807) is 0 Å². The molecule has 0 saturated carbocycles. The molecule has 10 aromatic rings. The highest BCUT2D eigenvalue weighted by Crippen LogP contribution is 2.41. The first kappa shape index (κ1) is 27.1. The summed E-state index contributed by atoms with van der Waals surface area (Å²) in [5.74, 6) is 0. The van der Waals surface area contributed by atoms with Gasteiger partial charge in [-0.3, -0.25) is 0 Å². The molecule has 0 bridgehead atoms. The van der Waals surface area contributed by atoms with Crippen molar-refractivity contribution < 1.29 is 4.42 Å². The van der Waals surface area contributed by atoms with Crippen molar-refractivity contribution in [3.63, 3.8) is 0 Å². The van der Waals surface area contributed by atoms with Crippen LogP contribution in [0.15, 0.2) is 150 Å². The van der Waals surface area contributed by atoms with E-state index in [9.17, 15) is 10.5 Å². The number of nitriles is 2. The van der Waals surface area contributed by atoms with Crippen LogP contribution < -0.4 is 0 Å². The van der Waals surface area contributed by atoms with Crippen LogP contribution in [0.3, 0.4) is 0 Å². The first-order valence-corrected chi connectivity index (χ1v) is 16.1. The van der Waals surface area contributed by atoms with E-state index in [0.717, 1.165) is 88.1 Å². The highest BCUT2D eigenvalue weighted by molar-refractivity contribution is 6.17. The minimum atomic E-state index is 0.611. The molecule has 0 aliphatic heterocycles. The van der Waals surface area contributed by atoms with Crippen LogP contribution in [0.5, 0.6) is 0 Å². The Morgan fingerprint density at radius 1 is 0.429 bits per heavy atom. The predicted octanol–water partition coefficient (Wildman–Crippen LogP) is 11.2. The summed E-state index contributed by atoms with van der Waals surface area (Å²) in [6.07, 6.45) is 0. The second kappa shape index (κ2) is 10.2. The van der Waals surface area contributed by atoms with Crippen molar-refractivity contribution >= 4 is 65.6 Å². The lowest BCUT2D eigenvalue weighted by atomic mass is 9.99. The molecule has 0 aliphatic carbocycles. The van der Waals surface area contributed by atoms with Gasteiger partial charge in [-0.1, -0.05) is 72.8 Å². The molecule has 0 radical (unpaired) electrons. The van der Waals surface area contributed by atoms with E-state index >= 15 is 0 Å². The molecule has 226 valence electrons. The minimum absolute atomic E-state index is 0.611. The SMILES string of the molecule is N#Cc1ccc2c(c1)c1ccccc1n2-c1cc(-c2ccccc2C#N)cc(-n2c3ccccc3c3cc4oc5ccccc5c4cc32)c1. The quantitative estimate of drug-likeness (QED) is 0.196. The third kappa shape index (κ3) is 3.91. The molecule has 0 atom stereocenters. The Hall–Kier alpha value is -7.08. The van der Waals surface area contributed by atoms with E-state index in [0.29, 0.717) is 11.1 Å². The van der Waals surface area contributed by atoms with Gasteiger partial charge in [-0.25, -0.2) is 0 Å². The van der Waals surface area contributed by atoms with Crippen LogP contribution in [0.1, 0.15) is 11.1 Å². The molecule has 0 unspecified atom stereocenters. The number of hydrogen-bond acceptors (Lipinski definition) is 3. The van der Waals surface area contributed by atoms with E-state index in [4.69, 9.17) is 4.42 Å². The minimum Gasteiger partial charge on any atom is -0.456 e. The van der Waals surface area contributed by atoms with Crippen LogP contribution >= 0.6 is 0 Å². The van der Waals surface area contributed by atoms with Crippen molar-refractivity contribution in [2.45, 2.75) is 0 Å². The summed E-state index contributed by atoms with van der Waals surface area (Å²) in [5, 5.41) is 26.4. The third-order valence-corrected chi connectivity index (χ3v) is 9.75. The number of rotatable bonds is 3. The maximum absolute atomic E-state index is 10.2. The molecule has 49 heavy (non-hydrogen) atoms. The van der Waals surface area contributed by atoms with Crippen molar-refractivity contribution in [3.05, 3.63) is 157 Å². The van der Waals surface area contributed by atoms with Gasteiger partial charge < -0.3 is 13.6 Å². The maximum atomic E-state index is 10.2. The summed E-state index contributed by atoms with van der Waals surface area (Å²) in [5.41, 5.74) is 10.9. The number of fused-ring (bicyclic) bond motifs is 9. The Morgan fingerprint density at radius 3 is 1.78 bits per heavy atom. The fraction of sp³-hybridized carbons (Fsp3) is 0. The number of furan rings is 1. The van der Waals surface area contributed by atoms with Crippen LogP contribution in [0, 0.1) is 22.7 Å². The molecule has 10 rings (SSSR count). The Bertz CT molecular complexity index is 3090. The highest BCUT2D eigenvalue weighted by Gasteiger charge is 2.20. The normalized spacial score (nSPS) is 11.6. The number of nitrogens with zero attached hydrogens (tertiary/aromatic N) is 4. The van der Waals surface area contributed by atoms with Crippen LogP contribution in [-0.4, -0.2) is 9.13 Å². The molecule has 3 heterocycles. The highest BCUT2D eigenvalue weighted by atomic mass is 16.3. The van der Waals surface area contributed by atoms with Crippen LogP contribution in [0.4, 0.5) is 0 Å². The lowest BCUT2D eigenvalue weighted by molar-refractivity contribution is 0.669. The number of para-hydroxylation sites is 3. The summed E-state index contributed by atoms with van der Waals surface area (Å²) in [6, 6.07) is 54.3. The predicted molar refractivity (Wildman–Crippen MR) is 197 cm³/mol. The molecule has 5 heteroatoms. The van der Waals surface area contributed by atoms with Crippen molar-refractivity contribution in [3.8, 4) is 34.6 Å². The van der Waals surface area contributed by atoms with Gasteiger partial charge in [0, 0.05) is 43.7 Å². The molecule has 7 aromatic carbocycles. The Morgan fingerprint density at radius 2 is 1.04 bits per heavy atom. The van der Waals surface area contributed by atoms with Gasteiger partial charge in [-0.2, -0.15) is 10.5 Å². The number of hydrogen-bond donors (Lipinski definition) is 0. The summed E-state index contributed by atoms with van der Waals surface area (Å²) in [4.78, 5) is 0. The summed E-state index contributed by atoms with van der Waals surface area (Å²) >= 11 is 0. The van der Waals surface area contributed by atoms with Crippen LogP contribution in [0.25, 0.3) is 88.1 Å². The van der Waals surface area contributed by atoms with E-state index in [2.05, 4.69) is 94.1 Å². The maximum Gasteiger partial charge on any atom is 0.136 e. The van der Waals surface area contributed by atoms with Gasteiger partial charge in [-0.05, 0) is 83.9 Å². The average molecular weight is 625 g/mol. The van der Waals surface area contributed by atoms with Gasteiger partial charge in [0.05, 0.1) is 45.3 Å². The molecule has 0 amide bonds. The smallest absolute Gasteiger partial charge is 0.136 e. The fourth-order valence-corrected chi connectivity index (χ4v) is 7.63. The Labute approximate surface area is 280 Å². The van der Waals surface area contributed by atoms with Crippen molar-refractivity contribution in [1.29, 1.82) is 10.5 Å². The van der Waals surface area contributed by atoms with Gasteiger partial charge in [0.25, 0.3) is 0 Å². The topological polar surface area (TPSA) is 70.6 Å². The lowest BCUT2D eigenvalue weighted by Crippen LogP contribution is -2.00. The van der Waals surface area contributed by atoms with E-state index in [1.807, 2.05) is 72.8 Å². The third-order valence-electron chi connectivity index (χ3n) is 9.75. The number of aromatic nitrogens is 2. The van der Waals surface area contributed by atoms with E-state index in [-0.39, 0.29) is 0 Å². The molecule has 3 aromatic heterocycles. The second-order valence-corrected chi connectivity index (χ2v) is 12.4. The van der Waals surface area contributed by atoms with E-state index < -0.39 is 0 Å². The van der Waals surface area contributed by atoms with Gasteiger partial charge in [-0.15, -0.1) is 0 Å². The van der Waals surface area contributed by atoms with Crippen LogP contribution in [0.2, 0.25) is 0 Å². The number of benzene rings is 7. The monoisotopic (exact) mass is 624 g/mol. The zero-order chi connectivity index (χ0) is 32.6. The average Bonchev–Trinajstić information content (AvgIpc) is 3.80. The summed E-state index contributed by atoms with van der Waals surface area (Å²) in [7, 11) is 0. The zero-order valence-corrected chi connectivity index (χ0v) is 26.1. The Kier molecular flexibility index (Phi) is 5.64. The van der Waals surface area contributed by atoms with Gasteiger partial charge in [0.1, 0.15) is 11.2 Å². The molecule has 0 fully saturated rings. The van der Waals surface area contributed by atoms with Gasteiger partial charge in [0.15, 0.2) is 0 Å². The first-order chi connectivity index (χ1) is 24.2. The van der Waals surface area contributed by atoms with Gasteiger partial charge >= 0.3 is 0 Å². The molecule has 5 nitrogen and oxygen atoms in total. The molecule has 0 N–H and O–H groups in total. The van der Waals surface area contributed by atoms with Crippen molar-refractivity contribution in [1.82, 2.24) is 9.13 Å². The zero-order valence-electron chi connectivity index (χ0n) is 26.1.